The minimum absolute atomic E-state index is 0. The normalized spacial score (nSPS) is 27.4. The molecule has 0 amide bonds. The predicted octanol–water partition coefficient (Wildman–Crippen LogP) is 5.36. The van der Waals surface area contributed by atoms with Crippen molar-refractivity contribution >= 4 is 30.3 Å². The van der Waals surface area contributed by atoms with Crippen molar-refractivity contribution < 1.29 is 38.1 Å². The quantitative estimate of drug-likeness (QED) is 0.181. The summed E-state index contributed by atoms with van der Waals surface area (Å²) in [4.78, 5) is 41.6. The Morgan fingerprint density at radius 3 is 2.32 bits per heavy atom. The molecule has 10 heteroatoms. The van der Waals surface area contributed by atoms with Crippen molar-refractivity contribution in [2.75, 3.05) is 46.6 Å². The Balaban J connectivity index is 0.00000384. The largest absolute Gasteiger partial charge is 0.496 e. The molecule has 0 radical (unpaired) electrons. The lowest BCUT2D eigenvalue weighted by Gasteiger charge is -2.55. The second kappa shape index (κ2) is 13.8. The van der Waals surface area contributed by atoms with Crippen molar-refractivity contribution in [2.45, 2.75) is 78.2 Å². The van der Waals surface area contributed by atoms with Gasteiger partial charge < -0.3 is 23.7 Å². The number of benzene rings is 1. The number of halogens is 1. The van der Waals surface area contributed by atoms with Crippen molar-refractivity contribution in [3.63, 3.8) is 0 Å². The number of morpholine rings is 1. The van der Waals surface area contributed by atoms with Crippen LogP contribution in [0.25, 0.3) is 0 Å². The van der Waals surface area contributed by atoms with Gasteiger partial charge in [-0.15, -0.1) is 12.4 Å². The van der Waals surface area contributed by atoms with E-state index in [-0.39, 0.29) is 43.1 Å². The van der Waals surface area contributed by atoms with Gasteiger partial charge in [-0.2, -0.15) is 0 Å². The topological polar surface area (TPSA) is 101 Å². The van der Waals surface area contributed by atoms with E-state index in [1.807, 2.05) is 19.9 Å². The summed E-state index contributed by atoms with van der Waals surface area (Å²) in [7, 11) is 1.60. The summed E-state index contributed by atoms with van der Waals surface area (Å²) in [6.07, 6.45) is 9.56. The highest BCUT2D eigenvalue weighted by Gasteiger charge is 2.56. The Morgan fingerprint density at radius 1 is 1.02 bits per heavy atom. The first-order valence-electron chi connectivity index (χ1n) is 16.0. The minimum Gasteiger partial charge on any atom is -0.496 e. The number of hydrogen-bond donors (Lipinski definition) is 0. The molecule has 0 unspecified atom stereocenters. The Bertz CT molecular complexity index is 1270. The SMILES string of the molecule is COc1c(C)c2c(c(OC(=O)C34CC5CC(CC(C5)C3)C4)c1CC=C(C)CCC(=O)OCCN1CCOCC1)C(=O)OC2.Cl. The zero-order chi connectivity index (χ0) is 30.1. The van der Waals surface area contributed by atoms with E-state index >= 15 is 0 Å². The van der Waals surface area contributed by atoms with Crippen molar-refractivity contribution in [3.05, 3.63) is 33.9 Å². The molecule has 6 aliphatic rings. The van der Waals surface area contributed by atoms with Crippen LogP contribution in [0, 0.1) is 30.1 Å². The standard InChI is InChI=1S/C34H45NO8.ClH/c1-21(5-7-28(36)41-13-10-35-8-11-40-12-9-35)4-6-26-30(39-3)22(2)27-20-42-32(37)29(27)31(26)43-33(38)34-17-23-14-24(18-34)16-25(15-23)19-34;/h4,23-25H,5-20H2,1-3H3;1H. The highest BCUT2D eigenvalue weighted by molar-refractivity contribution is 5.99. The number of allylic oxidation sites excluding steroid dienone is 2. The smallest absolute Gasteiger partial charge is 0.342 e. The van der Waals surface area contributed by atoms with Gasteiger partial charge in [-0.3, -0.25) is 14.5 Å². The summed E-state index contributed by atoms with van der Waals surface area (Å²) in [5, 5.41) is 0. The van der Waals surface area contributed by atoms with Crippen LogP contribution in [0.1, 0.15) is 85.3 Å². The number of rotatable bonds is 11. The number of nitrogens with zero attached hydrogens (tertiary/aromatic N) is 1. The molecule has 4 bridgehead atoms. The molecule has 0 aromatic heterocycles. The molecule has 1 aromatic carbocycles. The zero-order valence-electron chi connectivity index (χ0n) is 26.2. The number of esters is 3. The second-order valence-electron chi connectivity index (χ2n) is 13.4. The fourth-order valence-corrected chi connectivity index (χ4v) is 8.55. The zero-order valence-corrected chi connectivity index (χ0v) is 27.1. The van der Waals surface area contributed by atoms with Gasteiger partial charge >= 0.3 is 17.9 Å². The van der Waals surface area contributed by atoms with Gasteiger partial charge in [0.2, 0.25) is 0 Å². The third kappa shape index (κ3) is 6.65. The average Bonchev–Trinajstić information content (AvgIpc) is 3.38. The Kier molecular flexibility index (Phi) is 10.3. The van der Waals surface area contributed by atoms with E-state index in [2.05, 4.69) is 4.90 Å². The molecule has 0 N–H and O–H groups in total. The fourth-order valence-electron chi connectivity index (χ4n) is 8.55. The number of hydrogen-bond acceptors (Lipinski definition) is 9. The highest BCUT2D eigenvalue weighted by Crippen LogP contribution is 2.60. The molecule has 1 aromatic rings. The summed E-state index contributed by atoms with van der Waals surface area (Å²) >= 11 is 0. The van der Waals surface area contributed by atoms with Crippen LogP contribution in [0.5, 0.6) is 11.5 Å². The van der Waals surface area contributed by atoms with Gasteiger partial charge in [-0.1, -0.05) is 11.6 Å². The van der Waals surface area contributed by atoms with Crippen molar-refractivity contribution in [2.24, 2.45) is 23.2 Å². The van der Waals surface area contributed by atoms with E-state index in [1.54, 1.807) is 7.11 Å². The maximum atomic E-state index is 14.0. The molecule has 5 fully saturated rings. The summed E-state index contributed by atoms with van der Waals surface area (Å²) in [5.41, 5.74) is 3.10. The molecular formula is C34H46ClNO8. The van der Waals surface area contributed by atoms with E-state index in [1.165, 1.54) is 19.3 Å². The second-order valence-corrected chi connectivity index (χ2v) is 13.4. The van der Waals surface area contributed by atoms with E-state index in [9.17, 15) is 14.4 Å². The Labute approximate surface area is 266 Å². The molecule has 4 saturated carbocycles. The molecule has 44 heavy (non-hydrogen) atoms. The number of fused-ring (bicyclic) bond motifs is 1. The molecule has 0 spiro atoms. The van der Waals surface area contributed by atoms with E-state index in [4.69, 9.17) is 23.7 Å². The maximum absolute atomic E-state index is 14.0. The summed E-state index contributed by atoms with van der Waals surface area (Å²) in [6, 6.07) is 0. The van der Waals surface area contributed by atoms with Crippen LogP contribution in [0.3, 0.4) is 0 Å². The van der Waals surface area contributed by atoms with Crippen LogP contribution in [0.4, 0.5) is 0 Å². The van der Waals surface area contributed by atoms with E-state index < -0.39 is 11.4 Å². The Hall–Kier alpha value is -2.62. The lowest BCUT2D eigenvalue weighted by Crippen LogP contribution is -2.51. The van der Waals surface area contributed by atoms with Gasteiger partial charge in [-0.05, 0) is 88.5 Å². The monoisotopic (exact) mass is 631 g/mol. The number of carbonyl (C=O) groups excluding carboxylic acids is 3. The van der Waals surface area contributed by atoms with E-state index in [0.717, 1.165) is 62.3 Å². The summed E-state index contributed by atoms with van der Waals surface area (Å²) in [6.45, 7) is 8.29. The van der Waals surface area contributed by atoms with Crippen LogP contribution in [0.15, 0.2) is 11.6 Å². The molecule has 1 saturated heterocycles. The van der Waals surface area contributed by atoms with Gasteiger partial charge in [0.25, 0.3) is 0 Å². The Morgan fingerprint density at radius 2 is 1.68 bits per heavy atom. The van der Waals surface area contributed by atoms with Crippen LogP contribution in [-0.2, 0) is 36.8 Å². The molecule has 2 aliphatic heterocycles. The lowest BCUT2D eigenvalue weighted by atomic mass is 9.49. The van der Waals surface area contributed by atoms with Gasteiger partial charge in [-0.25, -0.2) is 4.79 Å². The minimum atomic E-state index is -0.465. The first-order valence-corrected chi connectivity index (χ1v) is 16.0. The first-order chi connectivity index (χ1) is 20.8. The van der Waals surface area contributed by atoms with Crippen molar-refractivity contribution in [1.29, 1.82) is 0 Å². The lowest BCUT2D eigenvalue weighted by molar-refractivity contribution is -0.161. The third-order valence-electron chi connectivity index (χ3n) is 10.4. The highest BCUT2D eigenvalue weighted by atomic mass is 35.5. The van der Waals surface area contributed by atoms with Crippen LogP contribution in [0.2, 0.25) is 0 Å². The average molecular weight is 632 g/mol. The van der Waals surface area contributed by atoms with Crippen LogP contribution in [-0.4, -0.2) is 69.4 Å². The van der Waals surface area contributed by atoms with E-state index in [0.29, 0.717) is 60.6 Å². The molecule has 7 rings (SSSR count). The summed E-state index contributed by atoms with van der Waals surface area (Å²) in [5.74, 6) is 1.79. The van der Waals surface area contributed by atoms with Gasteiger partial charge in [0.15, 0.2) is 5.75 Å². The van der Waals surface area contributed by atoms with Crippen LogP contribution < -0.4 is 9.47 Å². The van der Waals surface area contributed by atoms with Crippen LogP contribution >= 0.6 is 12.4 Å². The van der Waals surface area contributed by atoms with Gasteiger partial charge in [0.05, 0.1) is 25.7 Å². The van der Waals surface area contributed by atoms with Crippen molar-refractivity contribution in [1.82, 2.24) is 4.90 Å². The molecular weight excluding hydrogens is 586 g/mol. The predicted molar refractivity (Wildman–Crippen MR) is 165 cm³/mol. The maximum Gasteiger partial charge on any atom is 0.342 e. The van der Waals surface area contributed by atoms with Crippen molar-refractivity contribution in [3.8, 4) is 11.5 Å². The van der Waals surface area contributed by atoms with Gasteiger partial charge in [0, 0.05) is 37.2 Å². The van der Waals surface area contributed by atoms with Gasteiger partial charge in [0.1, 0.15) is 24.5 Å². The fraction of sp³-hybridized carbons (Fsp3) is 0.676. The third-order valence-corrected chi connectivity index (χ3v) is 10.4. The molecule has 0 atom stereocenters. The molecule has 2 heterocycles. The number of carbonyl (C=O) groups is 3. The molecule has 9 nitrogen and oxygen atoms in total. The first kappa shape index (κ1) is 32.8. The summed E-state index contributed by atoms with van der Waals surface area (Å²) < 4.78 is 28.4. The number of ether oxygens (including phenoxy) is 5. The number of cyclic esters (lactones) is 1. The number of methoxy groups -OCH3 is 1. The molecule has 242 valence electrons. The molecule has 4 aliphatic carbocycles.